The maximum atomic E-state index is 3.61. The van der Waals surface area contributed by atoms with E-state index in [-0.39, 0.29) is 0 Å². The molecule has 0 aromatic heterocycles. The van der Waals surface area contributed by atoms with Crippen LogP contribution in [-0.2, 0) is 0 Å². The highest BCUT2D eigenvalue weighted by Gasteiger charge is 2.18. The number of nitrogens with zero attached hydrogens (tertiary/aromatic N) is 1. The lowest BCUT2D eigenvalue weighted by molar-refractivity contribution is 0.209. The Morgan fingerprint density at radius 2 is 2.17 bits per heavy atom. The summed E-state index contributed by atoms with van der Waals surface area (Å²) in [5.41, 5.74) is 2.69. The molecule has 0 radical (unpaired) electrons. The fourth-order valence-electron chi connectivity index (χ4n) is 2.48. The lowest BCUT2D eigenvalue weighted by atomic mass is 10.0. The minimum absolute atomic E-state index is 0.566. The summed E-state index contributed by atoms with van der Waals surface area (Å²) in [5, 5.41) is 7.07. The van der Waals surface area contributed by atoms with E-state index in [0.29, 0.717) is 12.0 Å². The zero-order chi connectivity index (χ0) is 13.0. The number of benzene rings is 1. The average Bonchev–Trinajstić information content (AvgIpc) is 2.38. The molecule has 1 unspecified atom stereocenters. The van der Waals surface area contributed by atoms with Crippen molar-refractivity contribution in [2.75, 3.05) is 38.5 Å². The Morgan fingerprint density at radius 1 is 1.39 bits per heavy atom. The van der Waals surface area contributed by atoms with Crippen LogP contribution in [0.2, 0.25) is 0 Å². The van der Waals surface area contributed by atoms with Crippen LogP contribution in [0, 0.1) is 0 Å². The minimum atomic E-state index is 0.566. The van der Waals surface area contributed by atoms with Gasteiger partial charge in [-0.05, 0) is 24.6 Å². The Hall–Kier alpha value is -1.06. The van der Waals surface area contributed by atoms with E-state index in [0.717, 1.165) is 26.2 Å². The van der Waals surface area contributed by atoms with E-state index < -0.39 is 0 Å². The number of para-hydroxylation sites is 1. The molecule has 0 amide bonds. The molecule has 100 valence electrons. The van der Waals surface area contributed by atoms with Gasteiger partial charge in [0, 0.05) is 37.9 Å². The molecule has 1 aliphatic heterocycles. The van der Waals surface area contributed by atoms with Crippen molar-refractivity contribution < 1.29 is 0 Å². The first-order chi connectivity index (χ1) is 8.68. The van der Waals surface area contributed by atoms with Crippen LogP contribution in [0.4, 0.5) is 5.69 Å². The smallest absolute Gasteiger partial charge is 0.0390 e. The number of hydrogen-bond donors (Lipinski definition) is 2. The summed E-state index contributed by atoms with van der Waals surface area (Å²) in [7, 11) is 2.21. The molecule has 1 aromatic rings. The van der Waals surface area contributed by atoms with Gasteiger partial charge in [-0.25, -0.2) is 0 Å². The van der Waals surface area contributed by atoms with Gasteiger partial charge in [0.15, 0.2) is 0 Å². The van der Waals surface area contributed by atoms with E-state index in [1.807, 2.05) is 0 Å². The van der Waals surface area contributed by atoms with E-state index in [2.05, 4.69) is 60.7 Å². The summed E-state index contributed by atoms with van der Waals surface area (Å²) >= 11 is 0. The molecule has 1 aliphatic rings. The minimum Gasteiger partial charge on any atom is -0.383 e. The molecule has 3 nitrogen and oxygen atoms in total. The average molecular weight is 247 g/mol. The maximum absolute atomic E-state index is 3.61. The van der Waals surface area contributed by atoms with Crippen LogP contribution in [0.3, 0.4) is 0 Å². The molecule has 0 spiro atoms. The lowest BCUT2D eigenvalue weighted by Crippen LogP contribution is -2.52. The second-order valence-electron chi connectivity index (χ2n) is 5.46. The van der Waals surface area contributed by atoms with Gasteiger partial charge in [0.05, 0.1) is 0 Å². The molecular weight excluding hydrogens is 222 g/mol. The van der Waals surface area contributed by atoms with E-state index in [9.17, 15) is 0 Å². The monoisotopic (exact) mass is 247 g/mol. The molecule has 1 aromatic carbocycles. The molecule has 1 saturated heterocycles. The van der Waals surface area contributed by atoms with Crippen LogP contribution in [0.25, 0.3) is 0 Å². The zero-order valence-corrected chi connectivity index (χ0v) is 11.7. The summed E-state index contributed by atoms with van der Waals surface area (Å²) in [4.78, 5) is 2.43. The van der Waals surface area contributed by atoms with Crippen molar-refractivity contribution in [1.82, 2.24) is 10.2 Å². The van der Waals surface area contributed by atoms with Crippen LogP contribution in [-0.4, -0.2) is 44.2 Å². The first kappa shape index (κ1) is 13.4. The summed E-state index contributed by atoms with van der Waals surface area (Å²) < 4.78 is 0. The lowest BCUT2D eigenvalue weighted by Gasteiger charge is -2.33. The largest absolute Gasteiger partial charge is 0.383 e. The number of nitrogens with one attached hydrogen (secondary N) is 2. The first-order valence-corrected chi connectivity index (χ1v) is 6.92. The number of likely N-dealkylation sites (N-methyl/N-ethyl adjacent to an activating group) is 1. The van der Waals surface area contributed by atoms with Crippen molar-refractivity contribution in [3.8, 4) is 0 Å². The third-order valence-electron chi connectivity index (χ3n) is 3.76. The van der Waals surface area contributed by atoms with Gasteiger partial charge in [-0.2, -0.15) is 0 Å². The number of piperazine rings is 1. The van der Waals surface area contributed by atoms with Gasteiger partial charge in [0.2, 0.25) is 0 Å². The first-order valence-electron chi connectivity index (χ1n) is 6.92. The molecule has 2 rings (SSSR count). The van der Waals surface area contributed by atoms with E-state index in [1.54, 1.807) is 0 Å². The molecule has 0 bridgehead atoms. The maximum Gasteiger partial charge on any atom is 0.0390 e. The summed E-state index contributed by atoms with van der Waals surface area (Å²) in [5.74, 6) is 0.566. The number of rotatable bonds is 4. The predicted molar refractivity (Wildman–Crippen MR) is 78.3 cm³/mol. The third kappa shape index (κ3) is 3.24. The molecular formula is C15H25N3. The van der Waals surface area contributed by atoms with Gasteiger partial charge in [-0.3, -0.25) is 4.90 Å². The van der Waals surface area contributed by atoms with Crippen molar-refractivity contribution in [2.45, 2.75) is 25.8 Å². The molecule has 1 atom stereocenters. The van der Waals surface area contributed by atoms with Gasteiger partial charge in [0.25, 0.3) is 0 Å². The fourth-order valence-corrected chi connectivity index (χ4v) is 2.48. The van der Waals surface area contributed by atoms with Crippen LogP contribution in [0.1, 0.15) is 25.3 Å². The number of anilines is 1. The highest BCUT2D eigenvalue weighted by atomic mass is 15.2. The summed E-state index contributed by atoms with van der Waals surface area (Å²) in [6.45, 7) is 8.82. The highest BCUT2D eigenvalue weighted by Crippen LogP contribution is 2.23. The fraction of sp³-hybridized carbons (Fsp3) is 0.600. The Bertz CT molecular complexity index is 376. The van der Waals surface area contributed by atoms with Gasteiger partial charge >= 0.3 is 0 Å². The highest BCUT2D eigenvalue weighted by molar-refractivity contribution is 5.52. The summed E-state index contributed by atoms with van der Waals surface area (Å²) in [6, 6.07) is 9.21. The van der Waals surface area contributed by atoms with E-state index in [1.165, 1.54) is 11.3 Å². The van der Waals surface area contributed by atoms with Gasteiger partial charge in [-0.15, -0.1) is 0 Å². The second kappa shape index (κ2) is 6.21. The van der Waals surface area contributed by atoms with Crippen LogP contribution >= 0.6 is 0 Å². The molecule has 2 N–H and O–H groups in total. The van der Waals surface area contributed by atoms with Crippen LogP contribution in [0.5, 0.6) is 0 Å². The Labute approximate surface area is 111 Å². The quantitative estimate of drug-likeness (QED) is 0.853. The molecule has 0 saturated carbocycles. The van der Waals surface area contributed by atoms with Crippen molar-refractivity contribution >= 4 is 5.69 Å². The third-order valence-corrected chi connectivity index (χ3v) is 3.76. The Balaban J connectivity index is 1.97. The normalized spacial score (nSPS) is 21.2. The zero-order valence-electron chi connectivity index (χ0n) is 11.7. The van der Waals surface area contributed by atoms with Gasteiger partial charge in [-0.1, -0.05) is 32.0 Å². The van der Waals surface area contributed by atoms with Crippen molar-refractivity contribution in [1.29, 1.82) is 0 Å². The molecule has 1 heterocycles. The predicted octanol–water partition coefficient (Wildman–Crippen LogP) is 2.13. The van der Waals surface area contributed by atoms with Crippen molar-refractivity contribution in [2.24, 2.45) is 0 Å². The summed E-state index contributed by atoms with van der Waals surface area (Å²) in [6.07, 6.45) is 0. The molecule has 3 heteroatoms. The van der Waals surface area contributed by atoms with Crippen molar-refractivity contribution in [3.63, 3.8) is 0 Å². The topological polar surface area (TPSA) is 27.3 Å². The number of hydrogen-bond acceptors (Lipinski definition) is 3. The second-order valence-corrected chi connectivity index (χ2v) is 5.46. The molecule has 18 heavy (non-hydrogen) atoms. The van der Waals surface area contributed by atoms with E-state index >= 15 is 0 Å². The van der Waals surface area contributed by atoms with Gasteiger partial charge in [0.1, 0.15) is 0 Å². The standard InChI is InChI=1S/C15H25N3/c1-12(2)14-6-4-5-7-15(14)17-11-13-10-16-8-9-18(13)3/h4-7,12-13,16-17H,8-11H2,1-3H3. The molecule has 1 fully saturated rings. The van der Waals surface area contributed by atoms with Gasteiger partial charge < -0.3 is 10.6 Å². The SMILES string of the molecule is CC(C)c1ccccc1NCC1CNCCN1C. The van der Waals surface area contributed by atoms with Crippen molar-refractivity contribution in [3.05, 3.63) is 29.8 Å². The Morgan fingerprint density at radius 3 is 2.89 bits per heavy atom. The Kier molecular flexibility index (Phi) is 4.61. The van der Waals surface area contributed by atoms with Crippen LogP contribution < -0.4 is 10.6 Å². The van der Waals surface area contributed by atoms with Crippen LogP contribution in [0.15, 0.2) is 24.3 Å². The molecule has 0 aliphatic carbocycles. The van der Waals surface area contributed by atoms with E-state index in [4.69, 9.17) is 0 Å².